The van der Waals surface area contributed by atoms with Gasteiger partial charge in [0, 0.05) is 34.5 Å². The van der Waals surface area contributed by atoms with Crippen molar-refractivity contribution in [2.45, 2.75) is 0 Å². The normalized spacial score (nSPS) is 12.3. The largest absolute Gasteiger partial charge is 0.458 e. The van der Waals surface area contributed by atoms with Gasteiger partial charge in [-0.15, -0.1) is 0 Å². The van der Waals surface area contributed by atoms with Gasteiger partial charge in [-0.3, -0.25) is 0 Å². The molecule has 2 aliphatic heterocycles. The first-order valence-electron chi connectivity index (χ1n) is 13.6. The minimum absolute atomic E-state index is 0.0123. The van der Waals surface area contributed by atoms with Gasteiger partial charge in [0.15, 0.2) is 0 Å². The Bertz CT molecular complexity index is 1820. The lowest BCUT2D eigenvalue weighted by Crippen LogP contribution is -2.57. The van der Waals surface area contributed by atoms with Crippen molar-refractivity contribution in [1.82, 2.24) is 0 Å². The van der Waals surface area contributed by atoms with Crippen LogP contribution < -0.4 is 30.8 Å². The summed E-state index contributed by atoms with van der Waals surface area (Å²) >= 11 is 0. The zero-order chi connectivity index (χ0) is 26.5. The molecule has 8 rings (SSSR count). The van der Waals surface area contributed by atoms with Crippen LogP contribution in [-0.4, -0.2) is 6.71 Å². The van der Waals surface area contributed by atoms with Crippen LogP contribution in [0.4, 0.5) is 17.1 Å². The lowest BCUT2D eigenvalue weighted by molar-refractivity contribution is 0.465. The molecular weight excluding hydrogens is 489 g/mol. The topological polar surface area (TPSA) is 21.7 Å². The van der Waals surface area contributed by atoms with Gasteiger partial charge in [0.25, 0.3) is 6.71 Å². The van der Waals surface area contributed by atoms with Gasteiger partial charge in [-0.1, -0.05) is 103 Å². The van der Waals surface area contributed by atoms with Crippen LogP contribution in [0.2, 0.25) is 0 Å². The maximum Gasteiger partial charge on any atom is 0.260 e. The van der Waals surface area contributed by atoms with Gasteiger partial charge in [-0.05, 0) is 46.8 Å². The number of rotatable bonds is 4. The van der Waals surface area contributed by atoms with E-state index in [0.29, 0.717) is 0 Å². The van der Waals surface area contributed by atoms with Crippen LogP contribution in [-0.2, 0) is 0 Å². The first-order valence-corrected chi connectivity index (χ1v) is 13.6. The molecule has 0 atom stereocenters. The van der Waals surface area contributed by atoms with Crippen LogP contribution >= 0.6 is 0 Å². The highest BCUT2D eigenvalue weighted by Gasteiger charge is 2.41. The summed E-state index contributed by atoms with van der Waals surface area (Å²) < 4.78 is 13.5. The molecule has 0 radical (unpaired) electrons. The Balaban J connectivity index is 1.38. The number of hydrogen-bond acceptors (Lipinski definition) is 3. The summed E-state index contributed by atoms with van der Waals surface area (Å²) in [7, 11) is 0. The molecule has 0 N–H and O–H groups in total. The highest BCUT2D eigenvalue weighted by molar-refractivity contribution is 6.98. The molecular formula is C36H24BNO2. The molecule has 0 amide bonds. The van der Waals surface area contributed by atoms with E-state index in [1.54, 1.807) is 0 Å². The Morgan fingerprint density at radius 2 is 1.02 bits per heavy atom. The fraction of sp³-hybridized carbons (Fsp3) is 0. The summed E-state index contributed by atoms with van der Waals surface area (Å²) in [5, 5.41) is 0. The summed E-state index contributed by atoms with van der Waals surface area (Å²) in [4.78, 5) is 2.25. The predicted octanol–water partition coefficient (Wildman–Crippen LogP) is 7.55. The van der Waals surface area contributed by atoms with Gasteiger partial charge in [0.05, 0.1) is 5.69 Å². The Morgan fingerprint density at radius 3 is 1.73 bits per heavy atom. The van der Waals surface area contributed by atoms with Crippen molar-refractivity contribution in [2.75, 3.05) is 4.90 Å². The van der Waals surface area contributed by atoms with E-state index in [1.807, 2.05) is 24.3 Å². The van der Waals surface area contributed by atoms with Crippen LogP contribution in [0.5, 0.6) is 23.0 Å². The molecule has 0 aromatic heterocycles. The molecule has 6 aromatic rings. The number of ether oxygens (including phenoxy) is 2. The van der Waals surface area contributed by atoms with E-state index in [1.165, 1.54) is 0 Å². The average molecular weight is 513 g/mol. The Hall–Kier alpha value is -5.22. The summed E-state index contributed by atoms with van der Waals surface area (Å²) in [5.74, 6) is 3.42. The summed E-state index contributed by atoms with van der Waals surface area (Å²) in [6.45, 7) is 0.0123. The third-order valence-electron chi connectivity index (χ3n) is 7.77. The number of hydrogen-bond donors (Lipinski definition) is 0. The SMILES string of the molecule is c1ccc(-c2cccc3c2Oc2cc(N(c4ccccc4)c4ccccc4)cc4c2B3c2ccccc2O4)cc1. The second-order valence-corrected chi connectivity index (χ2v) is 10.1. The Morgan fingerprint density at radius 1 is 0.450 bits per heavy atom. The van der Waals surface area contributed by atoms with Crippen molar-refractivity contribution in [3.63, 3.8) is 0 Å². The molecule has 2 heterocycles. The second-order valence-electron chi connectivity index (χ2n) is 10.1. The molecule has 2 aliphatic rings. The van der Waals surface area contributed by atoms with E-state index in [4.69, 9.17) is 9.47 Å². The van der Waals surface area contributed by atoms with Crippen molar-refractivity contribution in [2.24, 2.45) is 0 Å². The molecule has 0 unspecified atom stereocenters. The molecule has 188 valence electrons. The van der Waals surface area contributed by atoms with Crippen LogP contribution in [0.1, 0.15) is 0 Å². The van der Waals surface area contributed by atoms with E-state index in [9.17, 15) is 0 Å². The van der Waals surface area contributed by atoms with Crippen molar-refractivity contribution in [3.8, 4) is 34.1 Å². The van der Waals surface area contributed by atoms with Crippen molar-refractivity contribution < 1.29 is 9.47 Å². The third-order valence-corrected chi connectivity index (χ3v) is 7.77. The third kappa shape index (κ3) is 3.61. The Kier molecular flexibility index (Phi) is 5.24. The highest BCUT2D eigenvalue weighted by atomic mass is 16.5. The van der Waals surface area contributed by atoms with Gasteiger partial charge in [0.2, 0.25) is 0 Å². The lowest BCUT2D eigenvalue weighted by Gasteiger charge is -2.35. The maximum atomic E-state index is 6.88. The van der Waals surface area contributed by atoms with Gasteiger partial charge in [0.1, 0.15) is 23.0 Å². The number of nitrogens with zero attached hydrogens (tertiary/aromatic N) is 1. The van der Waals surface area contributed by atoms with E-state index < -0.39 is 0 Å². The lowest BCUT2D eigenvalue weighted by atomic mass is 9.34. The van der Waals surface area contributed by atoms with Crippen molar-refractivity contribution in [3.05, 3.63) is 146 Å². The molecule has 0 fully saturated rings. The molecule has 0 spiro atoms. The molecule has 3 nitrogen and oxygen atoms in total. The molecule has 6 aromatic carbocycles. The van der Waals surface area contributed by atoms with Crippen molar-refractivity contribution in [1.29, 1.82) is 0 Å². The van der Waals surface area contributed by atoms with Gasteiger partial charge in [-0.2, -0.15) is 0 Å². The standard InChI is InChI=1S/C36H24BNO2/c1-4-13-25(14-5-1)29-19-12-21-31-36(29)40-34-24-28(23-33-35(34)37(31)30-20-10-11-22-32(30)39-33)38(26-15-6-2-7-16-26)27-17-8-3-9-18-27/h1-24H. The highest BCUT2D eigenvalue weighted by Crippen LogP contribution is 2.44. The van der Waals surface area contributed by atoms with Gasteiger partial charge < -0.3 is 14.4 Å². The molecule has 0 saturated heterocycles. The molecule has 0 aliphatic carbocycles. The fourth-order valence-corrected chi connectivity index (χ4v) is 6.03. The van der Waals surface area contributed by atoms with E-state index in [-0.39, 0.29) is 6.71 Å². The zero-order valence-corrected chi connectivity index (χ0v) is 21.7. The minimum Gasteiger partial charge on any atom is -0.458 e. The minimum atomic E-state index is 0.0123. The first-order chi connectivity index (χ1) is 19.8. The quantitative estimate of drug-likeness (QED) is 0.227. The van der Waals surface area contributed by atoms with Crippen LogP contribution in [0.25, 0.3) is 11.1 Å². The van der Waals surface area contributed by atoms with Crippen molar-refractivity contribution >= 4 is 40.2 Å². The van der Waals surface area contributed by atoms with E-state index >= 15 is 0 Å². The average Bonchev–Trinajstić information content (AvgIpc) is 3.02. The van der Waals surface area contributed by atoms with Crippen LogP contribution in [0.3, 0.4) is 0 Å². The summed E-state index contributed by atoms with van der Waals surface area (Å²) in [6, 6.07) is 50.5. The Labute approximate surface area is 234 Å². The molecule has 40 heavy (non-hydrogen) atoms. The molecule has 0 bridgehead atoms. The fourth-order valence-electron chi connectivity index (χ4n) is 6.03. The number of para-hydroxylation sites is 4. The zero-order valence-electron chi connectivity index (χ0n) is 21.7. The van der Waals surface area contributed by atoms with Gasteiger partial charge >= 0.3 is 0 Å². The number of benzene rings is 6. The molecule has 4 heteroatoms. The smallest absolute Gasteiger partial charge is 0.260 e. The predicted molar refractivity (Wildman–Crippen MR) is 164 cm³/mol. The van der Waals surface area contributed by atoms with E-state index in [0.717, 1.165) is 67.6 Å². The second kappa shape index (κ2) is 9.21. The number of fused-ring (bicyclic) bond motifs is 4. The van der Waals surface area contributed by atoms with E-state index in [2.05, 4.69) is 126 Å². The molecule has 0 saturated carbocycles. The maximum absolute atomic E-state index is 6.88. The monoisotopic (exact) mass is 513 g/mol. The summed E-state index contributed by atoms with van der Waals surface area (Å²) in [6.07, 6.45) is 0. The number of anilines is 3. The van der Waals surface area contributed by atoms with Crippen LogP contribution in [0.15, 0.2) is 146 Å². The van der Waals surface area contributed by atoms with Crippen LogP contribution in [0, 0.1) is 0 Å². The van der Waals surface area contributed by atoms with Gasteiger partial charge in [-0.25, -0.2) is 0 Å². The first kappa shape index (κ1) is 22.7. The summed E-state index contributed by atoms with van der Waals surface area (Å²) in [5.41, 5.74) is 8.71.